The topological polar surface area (TPSA) is 81.0 Å². The van der Waals surface area contributed by atoms with E-state index in [1.807, 2.05) is 43.7 Å². The van der Waals surface area contributed by atoms with Crippen molar-refractivity contribution in [3.8, 4) is 11.3 Å². The molecule has 3 aromatic heterocycles. The molecule has 4 heterocycles. The molecule has 4 aromatic rings. The van der Waals surface area contributed by atoms with Gasteiger partial charge in [0.15, 0.2) is 11.6 Å². The van der Waals surface area contributed by atoms with E-state index in [4.69, 9.17) is 4.74 Å². The molecule has 8 nitrogen and oxygen atoms in total. The van der Waals surface area contributed by atoms with Crippen LogP contribution in [0.4, 0.5) is 20.5 Å². The molecule has 0 unspecified atom stereocenters. The number of aromatic nitrogens is 5. The summed E-state index contributed by atoms with van der Waals surface area (Å²) >= 11 is 0. The molecule has 1 aliphatic heterocycles. The van der Waals surface area contributed by atoms with Gasteiger partial charge < -0.3 is 19.5 Å². The molecular weight excluding hydrogens is 512 g/mol. The number of likely N-dealkylation sites (tertiary alicyclic amines) is 1. The normalized spacial score (nSPS) is 15.7. The first-order valence-electron chi connectivity index (χ1n) is 13.9. The molecule has 212 valence electrons. The smallest absolute Gasteiger partial charge is 0.229 e. The third kappa shape index (κ3) is 5.69. The van der Waals surface area contributed by atoms with Crippen molar-refractivity contribution >= 4 is 22.8 Å². The highest BCUT2D eigenvalue weighted by Gasteiger charge is 2.27. The molecule has 0 aliphatic carbocycles. The minimum Gasteiger partial charge on any atom is -0.384 e. The van der Waals surface area contributed by atoms with Crippen molar-refractivity contribution in [3.63, 3.8) is 0 Å². The van der Waals surface area contributed by atoms with Crippen LogP contribution in [0, 0.1) is 24.5 Å². The van der Waals surface area contributed by atoms with Crippen molar-refractivity contribution in [2.24, 2.45) is 5.92 Å². The van der Waals surface area contributed by atoms with Gasteiger partial charge in [-0.3, -0.25) is 0 Å². The largest absolute Gasteiger partial charge is 0.384 e. The van der Waals surface area contributed by atoms with Gasteiger partial charge in [-0.15, -0.1) is 0 Å². The summed E-state index contributed by atoms with van der Waals surface area (Å²) in [7, 11) is 1.74. The number of nitrogens with one attached hydrogen (secondary N) is 1. The number of anilines is 2. The minimum atomic E-state index is -0.642. The summed E-state index contributed by atoms with van der Waals surface area (Å²) in [6.07, 6.45) is 5.22. The van der Waals surface area contributed by atoms with Crippen molar-refractivity contribution in [2.45, 2.75) is 52.5 Å². The summed E-state index contributed by atoms with van der Waals surface area (Å²) in [5.74, 6) is 1.05. The molecule has 1 fully saturated rings. The number of nitrogens with zero attached hydrogens (tertiary/aromatic N) is 6. The number of hydrogen-bond donors (Lipinski definition) is 1. The fraction of sp³-hybridized carbons (Fsp3) is 0.467. The van der Waals surface area contributed by atoms with Gasteiger partial charge in [0.1, 0.15) is 22.9 Å². The van der Waals surface area contributed by atoms with Crippen molar-refractivity contribution < 1.29 is 13.5 Å². The second-order valence-electron chi connectivity index (χ2n) is 10.8. The summed E-state index contributed by atoms with van der Waals surface area (Å²) in [4.78, 5) is 19.9. The Labute approximate surface area is 233 Å². The average Bonchev–Trinajstić information content (AvgIpc) is 3.30. The zero-order valence-electron chi connectivity index (χ0n) is 23.8. The van der Waals surface area contributed by atoms with E-state index < -0.39 is 11.6 Å². The van der Waals surface area contributed by atoms with E-state index in [1.54, 1.807) is 13.2 Å². The number of rotatable bonds is 9. The number of imidazole rings is 1. The zero-order chi connectivity index (χ0) is 28.4. The van der Waals surface area contributed by atoms with Gasteiger partial charge in [-0.2, -0.15) is 0 Å². The Morgan fingerprint density at radius 1 is 1.05 bits per heavy atom. The van der Waals surface area contributed by atoms with Crippen molar-refractivity contribution in [1.29, 1.82) is 0 Å². The number of pyridine rings is 1. The maximum absolute atomic E-state index is 15.0. The summed E-state index contributed by atoms with van der Waals surface area (Å²) in [6.45, 7) is 12.0. The molecular formula is C30H37F2N7O. The first-order valence-corrected chi connectivity index (χ1v) is 13.9. The van der Waals surface area contributed by atoms with Crippen LogP contribution in [-0.2, 0) is 4.74 Å². The monoisotopic (exact) mass is 549 g/mol. The van der Waals surface area contributed by atoms with Gasteiger partial charge in [0.2, 0.25) is 5.95 Å². The number of piperidine rings is 1. The highest BCUT2D eigenvalue weighted by molar-refractivity contribution is 5.83. The lowest BCUT2D eigenvalue weighted by Crippen LogP contribution is -2.36. The molecule has 0 bridgehead atoms. The van der Waals surface area contributed by atoms with Gasteiger partial charge in [-0.25, -0.2) is 28.7 Å². The number of benzene rings is 1. The third-order valence-corrected chi connectivity index (χ3v) is 7.91. The lowest BCUT2D eigenvalue weighted by atomic mass is 9.81. The van der Waals surface area contributed by atoms with Gasteiger partial charge in [-0.05, 0) is 82.9 Å². The molecule has 1 aromatic carbocycles. The summed E-state index contributed by atoms with van der Waals surface area (Å²) < 4.78 is 37.4. The predicted octanol–water partition coefficient (Wildman–Crippen LogP) is 6.26. The zero-order valence-corrected chi connectivity index (χ0v) is 23.8. The molecule has 0 radical (unpaired) electrons. The Hall–Kier alpha value is -3.50. The maximum atomic E-state index is 15.0. The Morgan fingerprint density at radius 2 is 1.82 bits per heavy atom. The Morgan fingerprint density at radius 3 is 2.48 bits per heavy atom. The van der Waals surface area contributed by atoms with Gasteiger partial charge in [0.05, 0.1) is 18.3 Å². The standard InChI is InChI=1S/C30H37F2N7O/c1-6-38-11-9-20(10-12-38)23(17-40-5)21-7-8-27(33-15-21)36-30-34-16-25(32)28(37-30)22-13-24(31)29-26(14-22)39(18(2)3)19(4)35-29/h7-8,13-16,18,20,23H,6,9-12,17H2,1-5H3,(H,33,34,36,37)/t23-/m1/s1. The van der Waals surface area contributed by atoms with Crippen LogP contribution in [-0.4, -0.2) is 62.8 Å². The first kappa shape index (κ1) is 28.0. The highest BCUT2D eigenvalue weighted by atomic mass is 19.1. The molecule has 0 spiro atoms. The molecule has 10 heteroatoms. The highest BCUT2D eigenvalue weighted by Crippen LogP contribution is 2.34. The quantitative estimate of drug-likeness (QED) is 0.264. The maximum Gasteiger partial charge on any atom is 0.229 e. The van der Waals surface area contributed by atoms with Crippen LogP contribution in [0.5, 0.6) is 0 Å². The van der Waals surface area contributed by atoms with E-state index >= 15 is 4.39 Å². The third-order valence-electron chi connectivity index (χ3n) is 7.91. The first-order chi connectivity index (χ1) is 19.3. The van der Waals surface area contributed by atoms with Crippen molar-refractivity contribution in [2.75, 3.05) is 38.7 Å². The van der Waals surface area contributed by atoms with Crippen LogP contribution in [0.3, 0.4) is 0 Å². The number of halogens is 2. The van der Waals surface area contributed by atoms with Crippen LogP contribution in [0.15, 0.2) is 36.7 Å². The molecule has 1 N–H and O–H groups in total. The van der Waals surface area contributed by atoms with E-state index in [1.165, 1.54) is 6.07 Å². The minimum absolute atomic E-state index is 0.00246. The van der Waals surface area contributed by atoms with E-state index in [-0.39, 0.29) is 29.1 Å². The summed E-state index contributed by atoms with van der Waals surface area (Å²) in [5, 5.41) is 3.07. The molecule has 5 rings (SSSR count). The van der Waals surface area contributed by atoms with Crippen molar-refractivity contribution in [1.82, 2.24) is 29.4 Å². The summed E-state index contributed by atoms with van der Waals surface area (Å²) in [6, 6.07) is 6.98. The average molecular weight is 550 g/mol. The Kier molecular flexibility index (Phi) is 8.37. The van der Waals surface area contributed by atoms with Gasteiger partial charge in [0.25, 0.3) is 0 Å². The molecule has 0 saturated carbocycles. The van der Waals surface area contributed by atoms with Gasteiger partial charge in [-0.1, -0.05) is 13.0 Å². The SMILES string of the molecule is CCN1CCC([C@@H](COC)c2ccc(Nc3ncc(F)c(-c4cc(F)c5nc(C)n(C(C)C)c5c4)n3)nc2)CC1. The van der Waals surface area contributed by atoms with Crippen molar-refractivity contribution in [3.05, 3.63) is 59.7 Å². The fourth-order valence-electron chi connectivity index (χ4n) is 5.86. The van der Waals surface area contributed by atoms with Crippen LogP contribution >= 0.6 is 0 Å². The van der Waals surface area contributed by atoms with Crippen LogP contribution < -0.4 is 5.32 Å². The molecule has 0 amide bonds. The van der Waals surface area contributed by atoms with Gasteiger partial charge in [0, 0.05) is 30.8 Å². The predicted molar refractivity (Wildman–Crippen MR) is 153 cm³/mol. The second kappa shape index (κ2) is 11.9. The molecule has 1 aliphatic rings. The number of hydrogen-bond acceptors (Lipinski definition) is 7. The molecule has 40 heavy (non-hydrogen) atoms. The Bertz CT molecular complexity index is 1460. The fourth-order valence-corrected chi connectivity index (χ4v) is 5.86. The summed E-state index contributed by atoms with van der Waals surface area (Å²) in [5.41, 5.74) is 2.30. The number of ether oxygens (including phenoxy) is 1. The number of fused-ring (bicyclic) bond motifs is 1. The van der Waals surface area contributed by atoms with Crippen LogP contribution in [0.1, 0.15) is 57.0 Å². The second-order valence-corrected chi connectivity index (χ2v) is 10.8. The number of aryl methyl sites for hydroxylation is 1. The van der Waals surface area contributed by atoms with E-state index in [2.05, 4.69) is 37.1 Å². The molecule has 1 saturated heterocycles. The van der Waals surface area contributed by atoms with E-state index in [0.29, 0.717) is 35.2 Å². The van der Waals surface area contributed by atoms with E-state index in [9.17, 15) is 4.39 Å². The van der Waals surface area contributed by atoms with E-state index in [0.717, 1.165) is 44.2 Å². The molecule has 1 atom stereocenters. The Balaban J connectivity index is 1.38. The lowest BCUT2D eigenvalue weighted by molar-refractivity contribution is 0.116. The van der Waals surface area contributed by atoms with Crippen LogP contribution in [0.25, 0.3) is 22.3 Å². The van der Waals surface area contributed by atoms with Gasteiger partial charge >= 0.3 is 0 Å². The lowest BCUT2D eigenvalue weighted by Gasteiger charge is -2.35. The number of methoxy groups -OCH3 is 1. The van der Waals surface area contributed by atoms with Crippen LogP contribution in [0.2, 0.25) is 0 Å².